The second kappa shape index (κ2) is 6.54. The smallest absolute Gasteiger partial charge is 0.431 e. The van der Waals surface area contributed by atoms with Crippen LogP contribution in [0, 0.1) is 0 Å². The van der Waals surface area contributed by atoms with Crippen LogP contribution in [0.5, 0.6) is 5.75 Å². The molecule has 1 aromatic carbocycles. The Kier molecular flexibility index (Phi) is 5.56. The molecule has 1 aromatic rings. The van der Waals surface area contributed by atoms with Gasteiger partial charge in [-0.05, 0) is 31.5 Å². The van der Waals surface area contributed by atoms with Gasteiger partial charge in [-0.25, -0.2) is 4.39 Å². The molecule has 0 fully saturated rings. The van der Waals surface area contributed by atoms with E-state index < -0.39 is 30.5 Å². The van der Waals surface area contributed by atoms with E-state index in [0.717, 1.165) is 12.1 Å². The summed E-state index contributed by atoms with van der Waals surface area (Å²) in [6.45, 7) is 3.43. The Balaban J connectivity index is 2.98. The lowest BCUT2D eigenvalue weighted by Gasteiger charge is -2.31. The minimum absolute atomic E-state index is 0.195. The number of alkyl halides is 7. The zero-order valence-electron chi connectivity index (χ0n) is 12.2. The zero-order valence-corrected chi connectivity index (χ0v) is 12.2. The van der Waals surface area contributed by atoms with Crippen LogP contribution in [-0.2, 0) is 0 Å². The summed E-state index contributed by atoms with van der Waals surface area (Å²) in [6, 6.07) is 4.68. The maximum Gasteiger partial charge on any atom is 0.431 e. The molecule has 132 valence electrons. The number of aliphatic hydroxyl groups excluding tert-OH is 1. The molecule has 1 N–H and O–H groups in total. The molecule has 0 heterocycles. The monoisotopic (exact) mass is 348 g/mol. The van der Waals surface area contributed by atoms with Gasteiger partial charge in [0.05, 0.1) is 12.2 Å². The van der Waals surface area contributed by atoms with Crippen molar-refractivity contribution in [3.8, 4) is 5.75 Å². The molecule has 2 nitrogen and oxygen atoms in total. The van der Waals surface area contributed by atoms with E-state index in [-0.39, 0.29) is 11.7 Å². The highest BCUT2D eigenvalue weighted by Gasteiger charge is 2.72. The first kappa shape index (κ1) is 19.5. The van der Waals surface area contributed by atoms with Crippen molar-refractivity contribution in [2.24, 2.45) is 0 Å². The van der Waals surface area contributed by atoms with Crippen LogP contribution >= 0.6 is 0 Å². The van der Waals surface area contributed by atoms with Crippen molar-refractivity contribution >= 4 is 0 Å². The third-order valence-corrected chi connectivity index (χ3v) is 3.01. The van der Waals surface area contributed by atoms with Gasteiger partial charge in [0, 0.05) is 6.42 Å². The molecule has 1 atom stereocenters. The van der Waals surface area contributed by atoms with Gasteiger partial charge in [0.1, 0.15) is 5.75 Å². The summed E-state index contributed by atoms with van der Waals surface area (Å²) in [4.78, 5) is 0. The number of halogens is 7. The molecule has 0 spiro atoms. The fourth-order valence-electron chi connectivity index (χ4n) is 1.82. The van der Waals surface area contributed by atoms with Crippen LogP contribution in [0.1, 0.15) is 31.9 Å². The highest BCUT2D eigenvalue weighted by Crippen LogP contribution is 2.50. The van der Waals surface area contributed by atoms with Crippen LogP contribution in [0.2, 0.25) is 0 Å². The lowest BCUT2D eigenvalue weighted by Crippen LogP contribution is -2.54. The molecule has 0 aliphatic rings. The van der Waals surface area contributed by atoms with Gasteiger partial charge < -0.3 is 9.84 Å². The van der Waals surface area contributed by atoms with Crippen molar-refractivity contribution in [2.45, 2.75) is 50.5 Å². The molecule has 0 aromatic heterocycles. The van der Waals surface area contributed by atoms with Crippen molar-refractivity contribution in [1.29, 1.82) is 0 Å². The van der Waals surface area contributed by atoms with Crippen molar-refractivity contribution < 1.29 is 40.6 Å². The van der Waals surface area contributed by atoms with Gasteiger partial charge >= 0.3 is 18.0 Å². The van der Waals surface area contributed by atoms with E-state index >= 15 is 0 Å². The van der Waals surface area contributed by atoms with Crippen LogP contribution in [0.15, 0.2) is 24.3 Å². The fourth-order valence-corrected chi connectivity index (χ4v) is 1.82. The summed E-state index contributed by atoms with van der Waals surface area (Å²) in [5.74, 6) is 0.314. The van der Waals surface area contributed by atoms with Gasteiger partial charge in [0.2, 0.25) is 0 Å². The van der Waals surface area contributed by atoms with Crippen molar-refractivity contribution in [3.63, 3.8) is 0 Å². The number of hydrogen-bond acceptors (Lipinski definition) is 2. The standard InChI is InChI=1S/C14H15F7O2/c1-8(2)23-10-5-3-9(4-6-10)11(22)7-12(15,13(16,17)18)14(19,20)21/h3-6,8,11,22H,7H2,1-2H3. The molecule has 9 heteroatoms. The van der Waals surface area contributed by atoms with Gasteiger partial charge in [-0.3, -0.25) is 0 Å². The van der Waals surface area contributed by atoms with E-state index in [1.807, 2.05) is 0 Å². The minimum atomic E-state index is -6.19. The highest BCUT2D eigenvalue weighted by molar-refractivity contribution is 5.29. The Morgan fingerprint density at radius 2 is 1.35 bits per heavy atom. The van der Waals surface area contributed by atoms with Gasteiger partial charge in [-0.15, -0.1) is 0 Å². The lowest BCUT2D eigenvalue weighted by atomic mass is 9.93. The Labute approximate surface area is 127 Å². The molecule has 23 heavy (non-hydrogen) atoms. The third kappa shape index (κ3) is 4.49. The van der Waals surface area contributed by atoms with Gasteiger partial charge in [0.25, 0.3) is 0 Å². The Hall–Kier alpha value is -1.51. The number of rotatable bonds is 5. The maximum atomic E-state index is 13.6. The van der Waals surface area contributed by atoms with Crippen LogP contribution < -0.4 is 4.74 Å². The Morgan fingerprint density at radius 3 is 1.70 bits per heavy atom. The van der Waals surface area contributed by atoms with Crippen molar-refractivity contribution in [2.75, 3.05) is 0 Å². The molecular formula is C14H15F7O2. The Morgan fingerprint density at radius 1 is 0.913 bits per heavy atom. The largest absolute Gasteiger partial charge is 0.491 e. The number of aliphatic hydroxyl groups is 1. The summed E-state index contributed by atoms with van der Waals surface area (Å²) in [6.07, 6.45) is -17.0. The summed E-state index contributed by atoms with van der Waals surface area (Å²) in [7, 11) is 0. The summed E-state index contributed by atoms with van der Waals surface area (Å²) in [5.41, 5.74) is -5.77. The summed E-state index contributed by atoms with van der Waals surface area (Å²) < 4.78 is 93.5. The molecule has 0 aliphatic carbocycles. The third-order valence-electron chi connectivity index (χ3n) is 3.01. The van der Waals surface area contributed by atoms with Crippen LogP contribution in [0.4, 0.5) is 30.7 Å². The van der Waals surface area contributed by atoms with E-state index in [1.165, 1.54) is 12.1 Å². The quantitative estimate of drug-likeness (QED) is 0.780. The van der Waals surface area contributed by atoms with E-state index in [4.69, 9.17) is 4.74 Å². The molecule has 0 saturated heterocycles. The average Bonchev–Trinajstić information content (AvgIpc) is 2.35. The second-order valence-corrected chi connectivity index (χ2v) is 5.25. The zero-order chi connectivity index (χ0) is 18.1. The SMILES string of the molecule is CC(C)Oc1ccc(C(O)CC(F)(C(F)(F)F)C(F)(F)F)cc1. The summed E-state index contributed by atoms with van der Waals surface area (Å²) in [5, 5.41) is 9.57. The molecular weight excluding hydrogens is 333 g/mol. The number of ether oxygens (including phenoxy) is 1. The van der Waals surface area contributed by atoms with E-state index in [2.05, 4.69) is 0 Å². The van der Waals surface area contributed by atoms with Crippen molar-refractivity contribution in [1.82, 2.24) is 0 Å². The average molecular weight is 348 g/mol. The topological polar surface area (TPSA) is 29.5 Å². The fraction of sp³-hybridized carbons (Fsp3) is 0.571. The number of benzene rings is 1. The first-order chi connectivity index (χ1) is 10.3. The summed E-state index contributed by atoms with van der Waals surface area (Å²) >= 11 is 0. The first-order valence-corrected chi connectivity index (χ1v) is 6.55. The van der Waals surface area contributed by atoms with E-state index in [9.17, 15) is 35.8 Å². The van der Waals surface area contributed by atoms with Gasteiger partial charge in [-0.1, -0.05) is 12.1 Å². The molecule has 0 bridgehead atoms. The molecule has 0 saturated carbocycles. The minimum Gasteiger partial charge on any atom is -0.491 e. The maximum absolute atomic E-state index is 13.6. The molecule has 1 rings (SSSR count). The van der Waals surface area contributed by atoms with Crippen LogP contribution in [0.25, 0.3) is 0 Å². The molecule has 0 radical (unpaired) electrons. The number of hydrogen-bond donors (Lipinski definition) is 1. The van der Waals surface area contributed by atoms with Crippen molar-refractivity contribution in [3.05, 3.63) is 29.8 Å². The van der Waals surface area contributed by atoms with E-state index in [0.29, 0.717) is 5.75 Å². The van der Waals surface area contributed by atoms with E-state index in [1.54, 1.807) is 13.8 Å². The van der Waals surface area contributed by atoms with Gasteiger partial charge in [-0.2, -0.15) is 26.3 Å². The van der Waals surface area contributed by atoms with Gasteiger partial charge in [0.15, 0.2) is 0 Å². The predicted molar refractivity (Wildman–Crippen MR) is 67.7 cm³/mol. The second-order valence-electron chi connectivity index (χ2n) is 5.25. The molecule has 1 unspecified atom stereocenters. The molecule has 0 amide bonds. The van der Waals surface area contributed by atoms with Crippen LogP contribution in [0.3, 0.4) is 0 Å². The normalized spacial score (nSPS) is 14.9. The first-order valence-electron chi connectivity index (χ1n) is 6.55. The molecule has 0 aliphatic heterocycles. The van der Waals surface area contributed by atoms with Crippen LogP contribution in [-0.4, -0.2) is 29.2 Å². The highest BCUT2D eigenvalue weighted by atomic mass is 19.4. The lowest BCUT2D eigenvalue weighted by molar-refractivity contribution is -0.347. The Bertz CT molecular complexity index is 491. The predicted octanol–water partition coefficient (Wildman–Crippen LogP) is 4.73.